The lowest BCUT2D eigenvalue weighted by Crippen LogP contribution is -2.18. The van der Waals surface area contributed by atoms with Gasteiger partial charge in [0.05, 0.1) is 5.88 Å². The molecule has 0 heterocycles. The molecule has 0 bridgehead atoms. The van der Waals surface area contributed by atoms with Gasteiger partial charge in [0.1, 0.15) is 18.5 Å². The average Bonchev–Trinajstić information content (AvgIpc) is 2.26. The standard InChI is InChI=1S/C11H13ClO3/c1-8(13)9-3-2-4-11(5-9)15-7-10(14)6-12/h2-5,10,14H,6-7H2,1H3. The predicted molar refractivity (Wildman–Crippen MR) is 58.7 cm³/mol. The maximum Gasteiger partial charge on any atom is 0.159 e. The fourth-order valence-electron chi connectivity index (χ4n) is 1.04. The highest BCUT2D eigenvalue weighted by molar-refractivity contribution is 6.18. The Morgan fingerprint density at radius 1 is 1.60 bits per heavy atom. The van der Waals surface area contributed by atoms with Gasteiger partial charge in [0.2, 0.25) is 0 Å². The molecule has 1 aromatic rings. The highest BCUT2D eigenvalue weighted by Crippen LogP contribution is 2.14. The van der Waals surface area contributed by atoms with Gasteiger partial charge < -0.3 is 9.84 Å². The van der Waals surface area contributed by atoms with Crippen molar-refractivity contribution in [3.05, 3.63) is 29.8 Å². The van der Waals surface area contributed by atoms with E-state index in [1.54, 1.807) is 24.3 Å². The van der Waals surface area contributed by atoms with Gasteiger partial charge in [0.15, 0.2) is 5.78 Å². The summed E-state index contributed by atoms with van der Waals surface area (Å²) in [7, 11) is 0. The van der Waals surface area contributed by atoms with Crippen LogP contribution in [0.25, 0.3) is 0 Å². The third kappa shape index (κ3) is 3.90. The van der Waals surface area contributed by atoms with Crippen molar-refractivity contribution in [1.82, 2.24) is 0 Å². The van der Waals surface area contributed by atoms with E-state index in [1.807, 2.05) is 0 Å². The molecular formula is C11H13ClO3. The zero-order valence-corrected chi connectivity index (χ0v) is 9.20. The average molecular weight is 229 g/mol. The molecule has 4 heteroatoms. The molecule has 0 radical (unpaired) electrons. The number of hydrogen-bond donors (Lipinski definition) is 1. The molecule has 1 atom stereocenters. The number of ketones is 1. The number of ether oxygens (including phenoxy) is 1. The van der Waals surface area contributed by atoms with Crippen LogP contribution < -0.4 is 4.74 Å². The molecule has 0 saturated carbocycles. The van der Waals surface area contributed by atoms with Crippen LogP contribution in [0.1, 0.15) is 17.3 Å². The van der Waals surface area contributed by atoms with Gasteiger partial charge in [-0.15, -0.1) is 11.6 Å². The smallest absolute Gasteiger partial charge is 0.159 e. The molecule has 0 spiro atoms. The lowest BCUT2D eigenvalue weighted by atomic mass is 10.1. The van der Waals surface area contributed by atoms with Crippen LogP contribution in [0.5, 0.6) is 5.75 Å². The zero-order chi connectivity index (χ0) is 11.3. The minimum atomic E-state index is -0.687. The van der Waals surface area contributed by atoms with Gasteiger partial charge in [-0.2, -0.15) is 0 Å². The molecular weight excluding hydrogens is 216 g/mol. The summed E-state index contributed by atoms with van der Waals surface area (Å²) in [6.45, 7) is 1.62. The number of aliphatic hydroxyl groups is 1. The molecule has 82 valence electrons. The third-order valence-electron chi connectivity index (χ3n) is 1.86. The number of Topliss-reactive ketones (excluding diaryl/α,β-unsaturated/α-hetero) is 1. The first-order valence-electron chi connectivity index (χ1n) is 4.61. The lowest BCUT2D eigenvalue weighted by molar-refractivity contribution is 0.101. The van der Waals surface area contributed by atoms with E-state index in [-0.39, 0.29) is 18.3 Å². The number of rotatable bonds is 5. The van der Waals surface area contributed by atoms with E-state index in [0.29, 0.717) is 11.3 Å². The maximum absolute atomic E-state index is 11.1. The molecule has 1 aromatic carbocycles. The van der Waals surface area contributed by atoms with E-state index in [4.69, 9.17) is 16.3 Å². The maximum atomic E-state index is 11.1. The van der Waals surface area contributed by atoms with Gasteiger partial charge in [-0.05, 0) is 19.1 Å². The van der Waals surface area contributed by atoms with E-state index >= 15 is 0 Å². The van der Waals surface area contributed by atoms with Crippen molar-refractivity contribution in [3.63, 3.8) is 0 Å². The number of aliphatic hydroxyl groups excluding tert-OH is 1. The minimum absolute atomic E-state index is 0.0154. The molecule has 1 rings (SSSR count). The second kappa shape index (κ2) is 5.73. The zero-order valence-electron chi connectivity index (χ0n) is 8.44. The van der Waals surface area contributed by atoms with E-state index in [0.717, 1.165) is 0 Å². The van der Waals surface area contributed by atoms with Gasteiger partial charge in [0.25, 0.3) is 0 Å². The van der Waals surface area contributed by atoms with Crippen molar-refractivity contribution >= 4 is 17.4 Å². The first-order chi connectivity index (χ1) is 7.13. The second-order valence-corrected chi connectivity index (χ2v) is 3.51. The molecule has 0 aliphatic carbocycles. The topological polar surface area (TPSA) is 46.5 Å². The van der Waals surface area contributed by atoms with Crippen LogP contribution in [-0.2, 0) is 0 Å². The summed E-state index contributed by atoms with van der Waals surface area (Å²) in [6.07, 6.45) is -0.687. The second-order valence-electron chi connectivity index (χ2n) is 3.20. The lowest BCUT2D eigenvalue weighted by Gasteiger charge is -2.09. The van der Waals surface area contributed by atoms with E-state index in [9.17, 15) is 9.90 Å². The third-order valence-corrected chi connectivity index (χ3v) is 2.22. The summed E-state index contributed by atoms with van der Waals surface area (Å²) in [6, 6.07) is 6.82. The highest BCUT2D eigenvalue weighted by atomic mass is 35.5. The van der Waals surface area contributed by atoms with Crippen molar-refractivity contribution in [1.29, 1.82) is 0 Å². The van der Waals surface area contributed by atoms with E-state index < -0.39 is 6.10 Å². The Balaban J connectivity index is 2.62. The SMILES string of the molecule is CC(=O)c1cccc(OCC(O)CCl)c1. The molecule has 0 aromatic heterocycles. The molecule has 0 aliphatic rings. The molecule has 0 aliphatic heterocycles. The van der Waals surface area contributed by atoms with Crippen LogP contribution in [0.4, 0.5) is 0 Å². The van der Waals surface area contributed by atoms with Crippen LogP contribution in [0.2, 0.25) is 0 Å². The molecule has 1 N–H and O–H groups in total. The Morgan fingerprint density at radius 2 is 2.33 bits per heavy atom. The van der Waals surface area contributed by atoms with Crippen LogP contribution in [-0.4, -0.2) is 29.5 Å². The molecule has 0 saturated heterocycles. The quantitative estimate of drug-likeness (QED) is 0.618. The van der Waals surface area contributed by atoms with Crippen LogP contribution in [0, 0.1) is 0 Å². The number of benzene rings is 1. The summed E-state index contributed by atoms with van der Waals surface area (Å²) in [5.74, 6) is 0.678. The normalized spacial score (nSPS) is 12.2. The van der Waals surface area contributed by atoms with Crippen molar-refractivity contribution in [2.45, 2.75) is 13.0 Å². The molecule has 1 unspecified atom stereocenters. The van der Waals surface area contributed by atoms with Gasteiger partial charge in [-0.1, -0.05) is 12.1 Å². The number of hydrogen-bond acceptors (Lipinski definition) is 3. The van der Waals surface area contributed by atoms with Gasteiger partial charge in [-0.3, -0.25) is 4.79 Å². The Kier molecular flexibility index (Phi) is 4.59. The molecule has 15 heavy (non-hydrogen) atoms. The Hall–Kier alpha value is -1.06. The summed E-state index contributed by atoms with van der Waals surface area (Å²) >= 11 is 5.42. The molecule has 0 fully saturated rings. The van der Waals surface area contributed by atoms with Crippen molar-refractivity contribution in [2.24, 2.45) is 0 Å². The van der Waals surface area contributed by atoms with Crippen LogP contribution in [0.15, 0.2) is 24.3 Å². The van der Waals surface area contributed by atoms with Crippen molar-refractivity contribution < 1.29 is 14.6 Å². The number of carbonyl (C=O) groups is 1. The molecule has 0 amide bonds. The number of halogens is 1. The fraction of sp³-hybridized carbons (Fsp3) is 0.364. The van der Waals surface area contributed by atoms with E-state index in [2.05, 4.69) is 0 Å². The first kappa shape index (κ1) is 12.0. The summed E-state index contributed by atoms with van der Waals surface area (Å²) in [5.41, 5.74) is 0.591. The van der Waals surface area contributed by atoms with Crippen molar-refractivity contribution in [3.8, 4) is 5.75 Å². The Bertz CT molecular complexity index is 338. The summed E-state index contributed by atoms with van der Waals surface area (Å²) in [4.78, 5) is 11.1. The Labute approximate surface area is 93.6 Å². The monoisotopic (exact) mass is 228 g/mol. The van der Waals surface area contributed by atoms with Gasteiger partial charge in [-0.25, -0.2) is 0 Å². The van der Waals surface area contributed by atoms with E-state index in [1.165, 1.54) is 6.92 Å². The predicted octanol–water partition coefficient (Wildman–Crippen LogP) is 1.87. The summed E-state index contributed by atoms with van der Waals surface area (Å²) in [5, 5.41) is 9.17. The van der Waals surface area contributed by atoms with Crippen molar-refractivity contribution in [2.75, 3.05) is 12.5 Å². The number of carbonyl (C=O) groups excluding carboxylic acids is 1. The highest BCUT2D eigenvalue weighted by Gasteiger charge is 2.04. The largest absolute Gasteiger partial charge is 0.491 e. The number of alkyl halides is 1. The minimum Gasteiger partial charge on any atom is -0.491 e. The Morgan fingerprint density at radius 3 is 2.93 bits per heavy atom. The van der Waals surface area contributed by atoms with Gasteiger partial charge in [0, 0.05) is 5.56 Å². The summed E-state index contributed by atoms with van der Waals surface area (Å²) < 4.78 is 5.26. The van der Waals surface area contributed by atoms with Crippen LogP contribution >= 0.6 is 11.6 Å². The first-order valence-corrected chi connectivity index (χ1v) is 5.14. The van der Waals surface area contributed by atoms with Gasteiger partial charge >= 0.3 is 0 Å². The fourth-order valence-corrected chi connectivity index (χ4v) is 1.13. The van der Waals surface area contributed by atoms with Crippen LogP contribution in [0.3, 0.4) is 0 Å². The molecule has 3 nitrogen and oxygen atoms in total.